The summed E-state index contributed by atoms with van der Waals surface area (Å²) in [6, 6.07) is 7.38. The zero-order chi connectivity index (χ0) is 12.8. The molecule has 0 aliphatic carbocycles. The maximum atomic E-state index is 5.09. The van der Waals surface area contributed by atoms with Crippen LogP contribution in [-0.2, 0) is 0 Å². The molecule has 18 heavy (non-hydrogen) atoms. The highest BCUT2D eigenvalue weighted by molar-refractivity contribution is 5.52. The first kappa shape index (κ1) is 12.3. The largest absolute Gasteiger partial charge is 0.481 e. The number of hydrogen-bond acceptors (Lipinski definition) is 5. The molecule has 0 bridgehead atoms. The summed E-state index contributed by atoms with van der Waals surface area (Å²) >= 11 is 0. The van der Waals surface area contributed by atoms with E-state index >= 15 is 0 Å². The second kappa shape index (κ2) is 5.95. The summed E-state index contributed by atoms with van der Waals surface area (Å²) in [5.74, 6) is 1.96. The van der Waals surface area contributed by atoms with E-state index < -0.39 is 0 Å². The van der Waals surface area contributed by atoms with Crippen molar-refractivity contribution < 1.29 is 4.74 Å². The first-order valence-corrected chi connectivity index (χ1v) is 5.92. The zero-order valence-corrected chi connectivity index (χ0v) is 10.6. The first-order valence-electron chi connectivity index (χ1n) is 5.92. The number of nitrogens with one attached hydrogen (secondary N) is 1. The van der Waals surface area contributed by atoms with Crippen LogP contribution in [0.15, 0.2) is 30.5 Å². The van der Waals surface area contributed by atoms with Crippen LogP contribution >= 0.6 is 0 Å². The Morgan fingerprint density at radius 2 is 2.11 bits per heavy atom. The molecule has 0 spiro atoms. The van der Waals surface area contributed by atoms with Gasteiger partial charge in [0.15, 0.2) is 5.82 Å². The number of nitrogens with zero attached hydrogens (tertiary/aromatic N) is 3. The second-order valence-corrected chi connectivity index (χ2v) is 3.76. The Bertz CT molecular complexity index is 516. The van der Waals surface area contributed by atoms with Crippen molar-refractivity contribution in [3.63, 3.8) is 0 Å². The van der Waals surface area contributed by atoms with E-state index in [9.17, 15) is 0 Å². The second-order valence-electron chi connectivity index (χ2n) is 3.76. The number of anilines is 1. The normalized spacial score (nSPS) is 10.1. The number of ether oxygens (including phenoxy) is 1. The van der Waals surface area contributed by atoms with Gasteiger partial charge in [-0.3, -0.25) is 0 Å². The van der Waals surface area contributed by atoms with Crippen molar-refractivity contribution in [1.29, 1.82) is 0 Å². The molecule has 0 radical (unpaired) electrons. The van der Waals surface area contributed by atoms with Gasteiger partial charge < -0.3 is 10.1 Å². The van der Waals surface area contributed by atoms with Crippen LogP contribution in [0.2, 0.25) is 0 Å². The van der Waals surface area contributed by atoms with Crippen molar-refractivity contribution in [2.75, 3.05) is 19.0 Å². The fraction of sp³-hybridized carbons (Fsp3) is 0.308. The molecule has 2 heterocycles. The highest BCUT2D eigenvalue weighted by Crippen LogP contribution is 2.16. The van der Waals surface area contributed by atoms with Gasteiger partial charge >= 0.3 is 0 Å². The molecule has 0 amide bonds. The van der Waals surface area contributed by atoms with Crippen LogP contribution in [0.1, 0.15) is 13.3 Å². The van der Waals surface area contributed by atoms with E-state index in [0.29, 0.717) is 17.4 Å². The van der Waals surface area contributed by atoms with Gasteiger partial charge in [-0.15, -0.1) is 0 Å². The van der Waals surface area contributed by atoms with E-state index in [1.165, 1.54) is 0 Å². The summed E-state index contributed by atoms with van der Waals surface area (Å²) in [6.45, 7) is 3.00. The zero-order valence-electron chi connectivity index (χ0n) is 10.6. The minimum atomic E-state index is 0.558. The molecular formula is C13H16N4O. The molecule has 0 saturated carbocycles. The molecule has 0 saturated heterocycles. The third-order valence-corrected chi connectivity index (χ3v) is 2.37. The highest BCUT2D eigenvalue weighted by Gasteiger charge is 2.05. The maximum absolute atomic E-state index is 5.09. The molecule has 0 aliphatic heterocycles. The van der Waals surface area contributed by atoms with Crippen molar-refractivity contribution in [3.8, 4) is 17.4 Å². The van der Waals surface area contributed by atoms with Gasteiger partial charge in [0.25, 0.3) is 0 Å². The van der Waals surface area contributed by atoms with Gasteiger partial charge in [0.2, 0.25) is 5.88 Å². The molecule has 0 atom stereocenters. The number of pyridine rings is 1. The van der Waals surface area contributed by atoms with Gasteiger partial charge in [-0.1, -0.05) is 13.0 Å². The van der Waals surface area contributed by atoms with Crippen LogP contribution in [0.25, 0.3) is 11.5 Å². The lowest BCUT2D eigenvalue weighted by Gasteiger charge is -2.06. The number of aromatic nitrogens is 3. The van der Waals surface area contributed by atoms with Gasteiger partial charge in [0, 0.05) is 18.8 Å². The molecule has 5 heteroatoms. The minimum Gasteiger partial charge on any atom is -0.481 e. The van der Waals surface area contributed by atoms with Crippen molar-refractivity contribution in [2.45, 2.75) is 13.3 Å². The predicted octanol–water partition coefficient (Wildman–Crippen LogP) is 2.37. The predicted molar refractivity (Wildman–Crippen MR) is 70.6 cm³/mol. The van der Waals surface area contributed by atoms with E-state index in [1.807, 2.05) is 18.2 Å². The summed E-state index contributed by atoms with van der Waals surface area (Å²) in [5, 5.41) is 3.22. The third-order valence-electron chi connectivity index (χ3n) is 2.37. The Hall–Kier alpha value is -2.17. The summed E-state index contributed by atoms with van der Waals surface area (Å²) < 4.78 is 5.09. The molecule has 2 aromatic heterocycles. The smallest absolute Gasteiger partial charge is 0.213 e. The van der Waals surface area contributed by atoms with Crippen LogP contribution in [-0.4, -0.2) is 28.6 Å². The van der Waals surface area contributed by atoms with Crippen LogP contribution < -0.4 is 10.1 Å². The van der Waals surface area contributed by atoms with Gasteiger partial charge in [0.1, 0.15) is 11.5 Å². The fourth-order valence-corrected chi connectivity index (χ4v) is 1.49. The topological polar surface area (TPSA) is 59.9 Å². The average molecular weight is 244 g/mol. The molecule has 0 aromatic carbocycles. The average Bonchev–Trinajstić information content (AvgIpc) is 2.45. The summed E-state index contributed by atoms with van der Waals surface area (Å²) in [6.07, 6.45) is 2.78. The molecule has 2 aromatic rings. The van der Waals surface area contributed by atoms with Crippen molar-refractivity contribution >= 4 is 5.82 Å². The van der Waals surface area contributed by atoms with E-state index in [2.05, 4.69) is 27.2 Å². The van der Waals surface area contributed by atoms with Gasteiger partial charge in [0.05, 0.1) is 7.11 Å². The Balaban J connectivity index is 2.26. The lowest BCUT2D eigenvalue weighted by molar-refractivity contribution is 0.398. The highest BCUT2D eigenvalue weighted by atomic mass is 16.5. The molecule has 0 aliphatic rings. The van der Waals surface area contributed by atoms with Gasteiger partial charge in [-0.05, 0) is 18.6 Å². The standard InChI is InChI=1S/C13H16N4O/c1-3-8-14-11-7-9-15-13(17-11)10-5-4-6-12(16-10)18-2/h4-7,9H,3,8H2,1-2H3,(H,14,15,17). The van der Waals surface area contributed by atoms with Crippen LogP contribution in [0.3, 0.4) is 0 Å². The van der Waals surface area contributed by atoms with Crippen molar-refractivity contribution in [2.24, 2.45) is 0 Å². The Kier molecular flexibility index (Phi) is 4.06. The monoisotopic (exact) mass is 244 g/mol. The number of rotatable bonds is 5. The summed E-state index contributed by atoms with van der Waals surface area (Å²) in [4.78, 5) is 12.9. The van der Waals surface area contributed by atoms with E-state index in [-0.39, 0.29) is 0 Å². The number of methoxy groups -OCH3 is 1. The molecule has 94 valence electrons. The first-order chi connectivity index (χ1) is 8.83. The SMILES string of the molecule is CCCNc1ccnc(-c2cccc(OC)n2)n1. The molecular weight excluding hydrogens is 228 g/mol. The van der Waals surface area contributed by atoms with Crippen molar-refractivity contribution in [1.82, 2.24) is 15.0 Å². The third kappa shape index (κ3) is 2.94. The number of hydrogen-bond donors (Lipinski definition) is 1. The van der Waals surface area contributed by atoms with Crippen molar-refractivity contribution in [3.05, 3.63) is 30.5 Å². The quantitative estimate of drug-likeness (QED) is 0.875. The Labute approximate surface area is 106 Å². The molecule has 0 fully saturated rings. The molecule has 5 nitrogen and oxygen atoms in total. The maximum Gasteiger partial charge on any atom is 0.213 e. The Morgan fingerprint density at radius 1 is 1.22 bits per heavy atom. The summed E-state index contributed by atoms with van der Waals surface area (Å²) in [5.41, 5.74) is 0.703. The van der Waals surface area contributed by atoms with E-state index in [4.69, 9.17) is 4.74 Å². The minimum absolute atomic E-state index is 0.558. The Morgan fingerprint density at radius 3 is 2.89 bits per heavy atom. The molecule has 1 N–H and O–H groups in total. The fourth-order valence-electron chi connectivity index (χ4n) is 1.49. The molecule has 2 rings (SSSR count). The van der Waals surface area contributed by atoms with E-state index in [0.717, 1.165) is 18.8 Å². The van der Waals surface area contributed by atoms with Crippen LogP contribution in [0, 0.1) is 0 Å². The van der Waals surface area contributed by atoms with Crippen LogP contribution in [0.5, 0.6) is 5.88 Å². The molecule has 0 unspecified atom stereocenters. The van der Waals surface area contributed by atoms with E-state index in [1.54, 1.807) is 19.4 Å². The van der Waals surface area contributed by atoms with Gasteiger partial charge in [-0.25, -0.2) is 15.0 Å². The van der Waals surface area contributed by atoms with Crippen LogP contribution in [0.4, 0.5) is 5.82 Å². The summed E-state index contributed by atoms with van der Waals surface area (Å²) in [7, 11) is 1.59. The van der Waals surface area contributed by atoms with Gasteiger partial charge in [-0.2, -0.15) is 0 Å². The lowest BCUT2D eigenvalue weighted by Crippen LogP contribution is -2.03. The lowest BCUT2D eigenvalue weighted by atomic mass is 10.3.